The minimum atomic E-state index is -0.279. The van der Waals surface area contributed by atoms with Gasteiger partial charge in [0.2, 0.25) is 0 Å². The van der Waals surface area contributed by atoms with Gasteiger partial charge in [0, 0.05) is 43.6 Å². The molecule has 162 valence electrons. The number of rotatable bonds is 6. The number of imide groups is 1. The topological polar surface area (TPSA) is 55.9 Å². The lowest BCUT2D eigenvalue weighted by molar-refractivity contribution is -0.138. The van der Waals surface area contributed by atoms with Gasteiger partial charge < -0.3 is 15.1 Å². The van der Waals surface area contributed by atoms with E-state index in [-0.39, 0.29) is 17.9 Å². The van der Waals surface area contributed by atoms with Crippen LogP contribution in [-0.2, 0) is 9.59 Å². The smallest absolute Gasteiger partial charge is 0.278 e. The van der Waals surface area contributed by atoms with Gasteiger partial charge in [0.05, 0.1) is 5.57 Å². The highest BCUT2D eigenvalue weighted by Crippen LogP contribution is 2.32. The molecule has 0 aliphatic carbocycles. The predicted molar refractivity (Wildman–Crippen MR) is 125 cm³/mol. The second-order valence-electron chi connectivity index (χ2n) is 8.28. The van der Waals surface area contributed by atoms with E-state index in [0.717, 1.165) is 44.0 Å². The van der Waals surface area contributed by atoms with Crippen LogP contribution in [0.5, 0.6) is 0 Å². The van der Waals surface area contributed by atoms with Gasteiger partial charge in [-0.15, -0.1) is 0 Å². The van der Waals surface area contributed by atoms with Crippen LogP contribution in [0.25, 0.3) is 5.57 Å². The summed E-state index contributed by atoms with van der Waals surface area (Å²) in [4.78, 5) is 32.3. The molecule has 2 aliphatic heterocycles. The third kappa shape index (κ3) is 4.21. The Balaban J connectivity index is 1.58. The molecule has 0 unspecified atom stereocenters. The number of carbonyl (C=O) groups is 2. The zero-order valence-corrected chi connectivity index (χ0v) is 18.5. The van der Waals surface area contributed by atoms with Crippen LogP contribution in [0.4, 0.5) is 11.4 Å². The number of amides is 2. The number of nitrogens with zero attached hydrogens (tertiary/aromatic N) is 3. The standard InChI is InChI=1S/C25H30N4O2/c1-4-27-14-16-28(17-15-27)21-12-10-20(11-13-21)26-23-22(19-8-6-5-7-9-19)24(30)29(18(2)3)25(23)31/h5-13,18,26H,4,14-17H2,1-3H3. The maximum absolute atomic E-state index is 13.1. The van der Waals surface area contributed by atoms with Gasteiger partial charge in [-0.25, -0.2) is 0 Å². The predicted octanol–water partition coefficient (Wildman–Crippen LogP) is 3.43. The molecule has 31 heavy (non-hydrogen) atoms. The molecule has 0 bridgehead atoms. The first-order valence-corrected chi connectivity index (χ1v) is 11.0. The fourth-order valence-corrected chi connectivity index (χ4v) is 4.23. The monoisotopic (exact) mass is 418 g/mol. The van der Waals surface area contributed by atoms with E-state index in [0.29, 0.717) is 11.3 Å². The normalized spacial score (nSPS) is 17.8. The lowest BCUT2D eigenvalue weighted by atomic mass is 10.0. The molecule has 2 aromatic carbocycles. The number of anilines is 2. The number of hydrogen-bond donors (Lipinski definition) is 1. The van der Waals surface area contributed by atoms with Crippen LogP contribution in [0.2, 0.25) is 0 Å². The molecule has 1 saturated heterocycles. The van der Waals surface area contributed by atoms with Crippen molar-refractivity contribution in [2.24, 2.45) is 0 Å². The molecule has 0 saturated carbocycles. The summed E-state index contributed by atoms with van der Waals surface area (Å²) < 4.78 is 0. The average Bonchev–Trinajstić information content (AvgIpc) is 3.04. The van der Waals surface area contributed by atoms with Crippen LogP contribution in [0.3, 0.4) is 0 Å². The lowest BCUT2D eigenvalue weighted by Crippen LogP contribution is -2.46. The van der Waals surface area contributed by atoms with E-state index in [1.54, 1.807) is 0 Å². The SMILES string of the molecule is CCN1CCN(c2ccc(NC3=C(c4ccccc4)C(=O)N(C(C)C)C3=O)cc2)CC1. The fourth-order valence-electron chi connectivity index (χ4n) is 4.23. The average molecular weight is 419 g/mol. The Bertz CT molecular complexity index is 974. The van der Waals surface area contributed by atoms with Crippen molar-refractivity contribution in [1.82, 2.24) is 9.80 Å². The molecule has 4 rings (SSSR count). The quantitative estimate of drug-likeness (QED) is 0.729. The maximum atomic E-state index is 13.1. The van der Waals surface area contributed by atoms with Crippen molar-refractivity contribution in [2.75, 3.05) is 42.9 Å². The van der Waals surface area contributed by atoms with Crippen molar-refractivity contribution in [3.63, 3.8) is 0 Å². The van der Waals surface area contributed by atoms with Gasteiger partial charge in [-0.1, -0.05) is 37.3 Å². The van der Waals surface area contributed by atoms with Crippen molar-refractivity contribution < 1.29 is 9.59 Å². The van der Waals surface area contributed by atoms with Gasteiger partial charge in [-0.2, -0.15) is 0 Å². The van der Waals surface area contributed by atoms with Gasteiger partial charge in [0.25, 0.3) is 11.8 Å². The first kappa shape index (κ1) is 21.1. The van der Waals surface area contributed by atoms with E-state index in [9.17, 15) is 9.59 Å². The summed E-state index contributed by atoms with van der Waals surface area (Å²) in [5, 5.41) is 3.24. The Labute approximate surface area is 184 Å². The molecule has 6 nitrogen and oxygen atoms in total. The summed E-state index contributed by atoms with van der Waals surface area (Å²) >= 11 is 0. The minimum absolute atomic E-state index is 0.206. The van der Waals surface area contributed by atoms with Gasteiger partial charge in [0.1, 0.15) is 5.70 Å². The van der Waals surface area contributed by atoms with Gasteiger partial charge in [-0.05, 0) is 50.2 Å². The van der Waals surface area contributed by atoms with E-state index in [1.807, 2.05) is 56.3 Å². The molecular weight excluding hydrogens is 388 g/mol. The van der Waals surface area contributed by atoms with Crippen molar-refractivity contribution in [2.45, 2.75) is 26.8 Å². The molecule has 0 radical (unpaired) electrons. The number of piperazine rings is 1. The van der Waals surface area contributed by atoms with Crippen molar-refractivity contribution in [3.05, 3.63) is 65.9 Å². The van der Waals surface area contributed by atoms with E-state index < -0.39 is 0 Å². The molecule has 0 spiro atoms. The zero-order chi connectivity index (χ0) is 22.0. The summed E-state index contributed by atoms with van der Waals surface area (Å²) in [5.74, 6) is -0.530. The minimum Gasteiger partial charge on any atom is -0.369 e. The molecule has 1 N–H and O–H groups in total. The first-order chi connectivity index (χ1) is 15.0. The van der Waals surface area contributed by atoms with Crippen LogP contribution in [0.15, 0.2) is 60.3 Å². The van der Waals surface area contributed by atoms with Gasteiger partial charge in [-0.3, -0.25) is 14.5 Å². The van der Waals surface area contributed by atoms with Crippen LogP contribution in [-0.4, -0.2) is 60.4 Å². The summed E-state index contributed by atoms with van der Waals surface area (Å²) in [7, 11) is 0. The van der Waals surface area contributed by atoms with Crippen LogP contribution >= 0.6 is 0 Å². The Kier molecular flexibility index (Phi) is 6.09. The van der Waals surface area contributed by atoms with Crippen LogP contribution in [0.1, 0.15) is 26.3 Å². The second kappa shape index (κ2) is 8.94. The largest absolute Gasteiger partial charge is 0.369 e. The molecule has 2 aromatic rings. The number of nitrogens with one attached hydrogen (secondary N) is 1. The Morgan fingerprint density at radius 3 is 2.10 bits per heavy atom. The molecule has 2 heterocycles. The van der Waals surface area contributed by atoms with E-state index >= 15 is 0 Å². The van der Waals surface area contributed by atoms with Gasteiger partial charge >= 0.3 is 0 Å². The summed E-state index contributed by atoms with van der Waals surface area (Å²) in [6.45, 7) is 11.2. The van der Waals surface area contributed by atoms with Crippen molar-refractivity contribution in [3.8, 4) is 0 Å². The van der Waals surface area contributed by atoms with E-state index in [4.69, 9.17) is 0 Å². The van der Waals surface area contributed by atoms with Crippen LogP contribution < -0.4 is 10.2 Å². The molecule has 0 aromatic heterocycles. The van der Waals surface area contributed by atoms with Crippen LogP contribution in [0, 0.1) is 0 Å². The Morgan fingerprint density at radius 2 is 1.52 bits per heavy atom. The first-order valence-electron chi connectivity index (χ1n) is 11.0. The molecular formula is C25H30N4O2. The summed E-state index contributed by atoms with van der Waals surface area (Å²) in [5.41, 5.74) is 3.49. The number of carbonyl (C=O) groups excluding carboxylic acids is 2. The molecule has 2 amide bonds. The Morgan fingerprint density at radius 1 is 0.871 bits per heavy atom. The zero-order valence-electron chi connectivity index (χ0n) is 18.5. The fraction of sp³-hybridized carbons (Fsp3) is 0.360. The Hall–Kier alpha value is -3.12. The number of likely N-dealkylation sites (N-methyl/N-ethyl adjacent to an activating group) is 1. The van der Waals surface area contributed by atoms with Crippen molar-refractivity contribution in [1.29, 1.82) is 0 Å². The maximum Gasteiger partial charge on any atom is 0.278 e. The summed E-state index contributed by atoms with van der Waals surface area (Å²) in [6, 6.07) is 17.3. The number of benzene rings is 2. The van der Waals surface area contributed by atoms with Crippen molar-refractivity contribution >= 4 is 28.8 Å². The molecule has 1 fully saturated rings. The highest BCUT2D eigenvalue weighted by atomic mass is 16.2. The molecule has 0 atom stereocenters. The molecule has 2 aliphatic rings. The second-order valence-corrected chi connectivity index (χ2v) is 8.28. The third-order valence-corrected chi connectivity index (χ3v) is 6.02. The van der Waals surface area contributed by atoms with Gasteiger partial charge in [0.15, 0.2) is 0 Å². The number of hydrogen-bond acceptors (Lipinski definition) is 5. The third-order valence-electron chi connectivity index (χ3n) is 6.02. The molecule has 6 heteroatoms. The highest BCUT2D eigenvalue weighted by Gasteiger charge is 2.40. The van der Waals surface area contributed by atoms with E-state index in [1.165, 1.54) is 10.6 Å². The summed E-state index contributed by atoms with van der Waals surface area (Å²) in [6.07, 6.45) is 0. The lowest BCUT2D eigenvalue weighted by Gasteiger charge is -2.35. The highest BCUT2D eigenvalue weighted by molar-refractivity contribution is 6.36. The van der Waals surface area contributed by atoms with E-state index in [2.05, 4.69) is 34.2 Å².